The molecule has 7 heteroatoms. The molecule has 1 aliphatic rings. The molecule has 0 atom stereocenters. The lowest BCUT2D eigenvalue weighted by atomic mass is 9.97. The highest BCUT2D eigenvalue weighted by Gasteiger charge is 2.32. The topological polar surface area (TPSA) is 75.7 Å². The predicted molar refractivity (Wildman–Crippen MR) is 97.1 cm³/mol. The van der Waals surface area contributed by atoms with Crippen LogP contribution in [0.3, 0.4) is 0 Å². The van der Waals surface area contributed by atoms with Crippen molar-refractivity contribution in [3.8, 4) is 5.75 Å². The zero-order valence-electron chi connectivity index (χ0n) is 15.4. The van der Waals surface area contributed by atoms with Gasteiger partial charge in [0.15, 0.2) is 0 Å². The number of carbonyl (C=O) groups excluding carboxylic acids is 1. The Bertz CT molecular complexity index is 708. The second-order valence-corrected chi connectivity index (χ2v) is 8.89. The summed E-state index contributed by atoms with van der Waals surface area (Å²) < 4.78 is 32.3. The third kappa shape index (κ3) is 4.73. The van der Waals surface area contributed by atoms with Gasteiger partial charge in [-0.1, -0.05) is 13.8 Å². The fourth-order valence-corrected chi connectivity index (χ4v) is 4.52. The third-order valence-electron chi connectivity index (χ3n) is 4.51. The number of hydrogen-bond acceptors (Lipinski definition) is 4. The number of amides is 1. The largest absolute Gasteiger partial charge is 0.496 e. The molecule has 6 nitrogen and oxygen atoms in total. The van der Waals surface area contributed by atoms with E-state index in [1.165, 1.54) is 4.31 Å². The highest BCUT2D eigenvalue weighted by Crippen LogP contribution is 2.27. The average molecular weight is 368 g/mol. The maximum atomic E-state index is 12.8. The summed E-state index contributed by atoms with van der Waals surface area (Å²) >= 11 is 0. The van der Waals surface area contributed by atoms with E-state index >= 15 is 0 Å². The molecule has 1 aliphatic heterocycles. The lowest BCUT2D eigenvalue weighted by Crippen LogP contribution is -2.43. The number of benzene rings is 1. The van der Waals surface area contributed by atoms with Crippen LogP contribution in [0.25, 0.3) is 0 Å². The first kappa shape index (κ1) is 19.7. The molecule has 1 amide bonds. The van der Waals surface area contributed by atoms with Gasteiger partial charge in [0.05, 0.1) is 12.0 Å². The number of carbonyl (C=O) groups is 1. The first-order valence-electron chi connectivity index (χ1n) is 8.68. The van der Waals surface area contributed by atoms with E-state index in [2.05, 4.69) is 5.32 Å². The highest BCUT2D eigenvalue weighted by atomic mass is 32.2. The molecule has 25 heavy (non-hydrogen) atoms. The van der Waals surface area contributed by atoms with Gasteiger partial charge in [-0.25, -0.2) is 8.42 Å². The molecule has 1 N–H and O–H groups in total. The van der Waals surface area contributed by atoms with Gasteiger partial charge in [0.1, 0.15) is 5.75 Å². The fourth-order valence-electron chi connectivity index (χ4n) is 2.97. The molecule has 1 heterocycles. The molecule has 1 fully saturated rings. The molecule has 1 saturated heterocycles. The normalized spacial score (nSPS) is 16.8. The van der Waals surface area contributed by atoms with E-state index in [0.29, 0.717) is 44.1 Å². The van der Waals surface area contributed by atoms with Crippen LogP contribution in [-0.4, -0.2) is 45.4 Å². The van der Waals surface area contributed by atoms with Gasteiger partial charge < -0.3 is 10.1 Å². The molecule has 1 aromatic carbocycles. The van der Waals surface area contributed by atoms with E-state index < -0.39 is 10.0 Å². The maximum Gasteiger partial charge on any atom is 0.243 e. The number of hydrogen-bond donors (Lipinski definition) is 1. The van der Waals surface area contributed by atoms with Gasteiger partial charge >= 0.3 is 0 Å². The third-order valence-corrected chi connectivity index (χ3v) is 6.41. The van der Waals surface area contributed by atoms with Crippen molar-refractivity contribution in [1.29, 1.82) is 0 Å². The summed E-state index contributed by atoms with van der Waals surface area (Å²) in [6, 6.07) is 4.88. The van der Waals surface area contributed by atoms with Crippen LogP contribution in [0.1, 0.15) is 32.3 Å². The van der Waals surface area contributed by atoms with Crippen molar-refractivity contribution in [2.75, 3.05) is 26.7 Å². The quantitative estimate of drug-likeness (QED) is 0.835. The zero-order chi connectivity index (χ0) is 18.6. The Kier molecular flexibility index (Phi) is 6.46. The minimum Gasteiger partial charge on any atom is -0.496 e. The van der Waals surface area contributed by atoms with Gasteiger partial charge in [-0.05, 0) is 49.4 Å². The number of aryl methyl sites for hydroxylation is 1. The minimum absolute atomic E-state index is 0.0334. The Labute approximate surface area is 150 Å². The molecular weight excluding hydrogens is 340 g/mol. The Morgan fingerprint density at radius 2 is 1.96 bits per heavy atom. The first-order chi connectivity index (χ1) is 11.8. The van der Waals surface area contributed by atoms with E-state index in [-0.39, 0.29) is 16.7 Å². The summed E-state index contributed by atoms with van der Waals surface area (Å²) in [7, 11) is -1.98. The van der Waals surface area contributed by atoms with Crippen molar-refractivity contribution in [3.05, 3.63) is 23.8 Å². The summed E-state index contributed by atoms with van der Waals surface area (Å²) in [4.78, 5) is 12.4. The first-order valence-corrected chi connectivity index (χ1v) is 10.1. The van der Waals surface area contributed by atoms with Gasteiger partial charge in [0.2, 0.25) is 15.9 Å². The minimum atomic E-state index is -3.54. The van der Waals surface area contributed by atoms with Crippen LogP contribution in [0.5, 0.6) is 5.75 Å². The number of nitrogens with one attached hydrogen (secondary N) is 1. The maximum absolute atomic E-state index is 12.8. The predicted octanol–water partition coefficient (Wildman–Crippen LogP) is 2.18. The van der Waals surface area contributed by atoms with Crippen LogP contribution in [0.15, 0.2) is 23.1 Å². The lowest BCUT2D eigenvalue weighted by Gasteiger charge is -2.30. The summed E-state index contributed by atoms with van der Waals surface area (Å²) in [5.41, 5.74) is 0.784. The summed E-state index contributed by atoms with van der Waals surface area (Å²) in [6.45, 7) is 7.31. The van der Waals surface area contributed by atoms with Crippen molar-refractivity contribution in [1.82, 2.24) is 9.62 Å². The molecule has 0 aromatic heterocycles. The van der Waals surface area contributed by atoms with E-state index in [1.807, 2.05) is 20.8 Å². The molecular formula is C18H28N2O4S. The molecule has 0 spiro atoms. The van der Waals surface area contributed by atoms with Gasteiger partial charge in [0, 0.05) is 25.6 Å². The van der Waals surface area contributed by atoms with E-state index in [4.69, 9.17) is 4.74 Å². The Hall–Kier alpha value is -1.60. The number of sulfonamides is 1. The average Bonchev–Trinajstić information content (AvgIpc) is 2.59. The summed E-state index contributed by atoms with van der Waals surface area (Å²) in [5, 5.41) is 2.94. The number of ether oxygens (including phenoxy) is 1. The van der Waals surface area contributed by atoms with Crippen LogP contribution in [0, 0.1) is 18.8 Å². The lowest BCUT2D eigenvalue weighted by molar-refractivity contribution is -0.126. The van der Waals surface area contributed by atoms with Crippen molar-refractivity contribution in [3.63, 3.8) is 0 Å². The molecule has 2 rings (SSSR count). The Morgan fingerprint density at radius 1 is 1.32 bits per heavy atom. The number of rotatable bonds is 6. The van der Waals surface area contributed by atoms with Crippen LogP contribution in [-0.2, 0) is 14.8 Å². The van der Waals surface area contributed by atoms with Crippen molar-refractivity contribution in [2.45, 2.75) is 38.5 Å². The molecule has 0 saturated carbocycles. The molecule has 1 aromatic rings. The Morgan fingerprint density at radius 3 is 2.48 bits per heavy atom. The molecule has 0 bridgehead atoms. The van der Waals surface area contributed by atoms with E-state index in [9.17, 15) is 13.2 Å². The molecule has 0 radical (unpaired) electrons. The second-order valence-electron chi connectivity index (χ2n) is 6.95. The van der Waals surface area contributed by atoms with Gasteiger partial charge in [-0.2, -0.15) is 4.31 Å². The summed E-state index contributed by atoms with van der Waals surface area (Å²) in [5.74, 6) is 0.996. The van der Waals surface area contributed by atoms with Gasteiger partial charge in [0.25, 0.3) is 0 Å². The summed E-state index contributed by atoms with van der Waals surface area (Å²) in [6.07, 6.45) is 1.11. The zero-order valence-corrected chi connectivity index (χ0v) is 16.2. The molecule has 140 valence electrons. The standard InChI is InChI=1S/C18H28N2O4S/c1-13(2)12-19-18(21)15-7-9-20(10-8-15)25(22,23)16-5-6-17(24-4)14(3)11-16/h5-6,11,13,15H,7-10,12H2,1-4H3,(H,19,21). The monoisotopic (exact) mass is 368 g/mol. The van der Waals surface area contributed by atoms with Gasteiger partial charge in [-0.15, -0.1) is 0 Å². The number of piperidine rings is 1. The SMILES string of the molecule is COc1ccc(S(=O)(=O)N2CCC(C(=O)NCC(C)C)CC2)cc1C. The molecule has 0 aliphatic carbocycles. The van der Waals surface area contributed by atoms with Crippen molar-refractivity contribution in [2.24, 2.45) is 11.8 Å². The van der Waals surface area contributed by atoms with Gasteiger partial charge in [-0.3, -0.25) is 4.79 Å². The molecule has 0 unspecified atom stereocenters. The second kappa shape index (κ2) is 8.19. The smallest absolute Gasteiger partial charge is 0.243 e. The van der Waals surface area contributed by atoms with Crippen LogP contribution < -0.4 is 10.1 Å². The van der Waals surface area contributed by atoms with Crippen LogP contribution >= 0.6 is 0 Å². The van der Waals surface area contributed by atoms with Crippen LogP contribution in [0.4, 0.5) is 0 Å². The number of methoxy groups -OCH3 is 1. The highest BCUT2D eigenvalue weighted by molar-refractivity contribution is 7.89. The number of nitrogens with zero attached hydrogens (tertiary/aromatic N) is 1. The van der Waals surface area contributed by atoms with Crippen LogP contribution in [0.2, 0.25) is 0 Å². The fraction of sp³-hybridized carbons (Fsp3) is 0.611. The van der Waals surface area contributed by atoms with E-state index in [0.717, 1.165) is 5.56 Å². The van der Waals surface area contributed by atoms with E-state index in [1.54, 1.807) is 25.3 Å². The Balaban J connectivity index is 2.01. The van der Waals surface area contributed by atoms with Crippen molar-refractivity contribution >= 4 is 15.9 Å². The van der Waals surface area contributed by atoms with Crippen molar-refractivity contribution < 1.29 is 17.9 Å².